The van der Waals surface area contributed by atoms with Crippen LogP contribution in [0.2, 0.25) is 0 Å². The van der Waals surface area contributed by atoms with Crippen LogP contribution in [0.25, 0.3) is 22.2 Å². The Hall–Kier alpha value is -3.33. The summed E-state index contributed by atoms with van der Waals surface area (Å²) < 4.78 is 0. The van der Waals surface area contributed by atoms with Gasteiger partial charge in [-0.15, -0.1) is 0 Å². The molecule has 1 amide bonds. The van der Waals surface area contributed by atoms with Crippen molar-refractivity contribution < 1.29 is 4.79 Å². The summed E-state index contributed by atoms with van der Waals surface area (Å²) in [5.41, 5.74) is 7.70. The van der Waals surface area contributed by atoms with Gasteiger partial charge in [0.2, 0.25) is 0 Å². The first-order chi connectivity index (χ1) is 14.2. The lowest BCUT2D eigenvalue weighted by Crippen LogP contribution is -2.29. The lowest BCUT2D eigenvalue weighted by molar-refractivity contribution is 0.0751. The van der Waals surface area contributed by atoms with Gasteiger partial charge in [-0.1, -0.05) is 73.2 Å². The number of hydrogen-bond acceptors (Lipinski definition) is 1. The van der Waals surface area contributed by atoms with Crippen molar-refractivity contribution in [2.45, 2.75) is 26.3 Å². The maximum atomic E-state index is 13.2. The van der Waals surface area contributed by atoms with Crippen molar-refractivity contribution in [3.05, 3.63) is 95.1 Å². The first kappa shape index (κ1) is 17.7. The quantitative estimate of drug-likeness (QED) is 0.456. The molecule has 2 heterocycles. The first-order valence-corrected chi connectivity index (χ1v) is 10.3. The second-order valence-corrected chi connectivity index (χ2v) is 7.81. The van der Waals surface area contributed by atoms with E-state index in [9.17, 15) is 4.79 Å². The minimum absolute atomic E-state index is 0.0777. The van der Waals surface area contributed by atoms with Crippen LogP contribution in [0.5, 0.6) is 0 Å². The number of para-hydroxylation sites is 1. The lowest BCUT2D eigenvalue weighted by atomic mass is 9.93. The van der Waals surface area contributed by atoms with Crippen LogP contribution >= 0.6 is 0 Å². The van der Waals surface area contributed by atoms with E-state index in [1.807, 2.05) is 23.1 Å². The van der Waals surface area contributed by atoms with Crippen molar-refractivity contribution in [3.63, 3.8) is 0 Å². The zero-order valence-corrected chi connectivity index (χ0v) is 16.8. The van der Waals surface area contributed by atoms with Crippen molar-refractivity contribution in [1.29, 1.82) is 0 Å². The molecule has 0 spiro atoms. The van der Waals surface area contributed by atoms with E-state index in [-0.39, 0.29) is 11.9 Å². The molecule has 1 aliphatic rings. The number of aryl methyl sites for hydroxylation is 1. The monoisotopic (exact) mass is 380 g/mol. The fourth-order valence-corrected chi connectivity index (χ4v) is 4.55. The molecule has 0 fully saturated rings. The minimum Gasteiger partial charge on any atom is -0.354 e. The normalized spacial score (nSPS) is 15.9. The van der Waals surface area contributed by atoms with Crippen molar-refractivity contribution in [2.24, 2.45) is 0 Å². The maximum absolute atomic E-state index is 13.2. The molecule has 1 N–H and O–H groups in total. The highest BCUT2D eigenvalue weighted by atomic mass is 16.2. The van der Waals surface area contributed by atoms with Crippen LogP contribution in [-0.4, -0.2) is 22.3 Å². The van der Waals surface area contributed by atoms with E-state index in [4.69, 9.17) is 0 Å². The number of nitrogens with one attached hydrogen (secondary N) is 1. The standard InChI is InChI=1S/C26H24N2O/c1-3-16-28-25(19-8-4-5-9-20(19)26(28)29)23-21-10-6-7-11-22(21)27-24(23)18-14-12-17(2)13-15-18/h4-15,25,27H,3,16H2,1-2H3/t25-/m0/s1. The number of aromatic nitrogens is 1. The summed E-state index contributed by atoms with van der Waals surface area (Å²) in [6.45, 7) is 4.97. The number of H-pyrrole nitrogens is 1. The van der Waals surface area contributed by atoms with E-state index in [0.717, 1.165) is 40.9 Å². The van der Waals surface area contributed by atoms with Crippen LogP contribution < -0.4 is 0 Å². The Morgan fingerprint density at radius 2 is 1.66 bits per heavy atom. The van der Waals surface area contributed by atoms with Gasteiger partial charge >= 0.3 is 0 Å². The predicted octanol–water partition coefficient (Wildman–Crippen LogP) is 6.10. The molecule has 3 heteroatoms. The Bertz CT molecular complexity index is 1200. The summed E-state index contributed by atoms with van der Waals surface area (Å²) in [4.78, 5) is 18.9. The highest BCUT2D eigenvalue weighted by Gasteiger charge is 2.39. The highest BCUT2D eigenvalue weighted by Crippen LogP contribution is 2.45. The second kappa shape index (κ2) is 6.93. The van der Waals surface area contributed by atoms with Gasteiger partial charge in [-0.3, -0.25) is 4.79 Å². The Morgan fingerprint density at radius 1 is 0.931 bits per heavy atom. The third kappa shape index (κ3) is 2.77. The Kier molecular flexibility index (Phi) is 4.24. The van der Waals surface area contributed by atoms with Crippen molar-refractivity contribution in [2.75, 3.05) is 6.54 Å². The highest BCUT2D eigenvalue weighted by molar-refractivity contribution is 6.02. The molecule has 0 aliphatic carbocycles. The van der Waals surface area contributed by atoms with E-state index < -0.39 is 0 Å². The summed E-state index contributed by atoms with van der Waals surface area (Å²) in [5.74, 6) is 0.132. The zero-order chi connectivity index (χ0) is 20.0. The van der Waals surface area contributed by atoms with Crippen LogP contribution in [0, 0.1) is 6.92 Å². The molecule has 0 unspecified atom stereocenters. The fourth-order valence-electron chi connectivity index (χ4n) is 4.55. The van der Waals surface area contributed by atoms with E-state index in [1.165, 1.54) is 16.5 Å². The number of rotatable bonds is 4. The summed E-state index contributed by atoms with van der Waals surface area (Å²) in [7, 11) is 0. The number of amides is 1. The molecule has 3 nitrogen and oxygen atoms in total. The predicted molar refractivity (Wildman–Crippen MR) is 118 cm³/mol. The SMILES string of the molecule is CCCN1C(=O)c2ccccc2[C@H]1c1c(-c2ccc(C)cc2)[nH]c2ccccc12. The van der Waals surface area contributed by atoms with E-state index in [1.54, 1.807) is 0 Å². The van der Waals surface area contributed by atoms with Crippen LogP contribution in [-0.2, 0) is 0 Å². The zero-order valence-electron chi connectivity index (χ0n) is 16.8. The molecular formula is C26H24N2O. The number of fused-ring (bicyclic) bond motifs is 2. The Morgan fingerprint density at radius 3 is 2.45 bits per heavy atom. The van der Waals surface area contributed by atoms with Crippen LogP contribution in [0.15, 0.2) is 72.8 Å². The summed E-state index contributed by atoms with van der Waals surface area (Å²) in [6, 6.07) is 25.0. The molecule has 0 saturated heterocycles. The van der Waals surface area contributed by atoms with Gasteiger partial charge in [0.15, 0.2) is 0 Å². The maximum Gasteiger partial charge on any atom is 0.255 e. The molecular weight excluding hydrogens is 356 g/mol. The van der Waals surface area contributed by atoms with Crippen molar-refractivity contribution in [3.8, 4) is 11.3 Å². The van der Waals surface area contributed by atoms with Gasteiger partial charge in [0.25, 0.3) is 5.91 Å². The summed E-state index contributed by atoms with van der Waals surface area (Å²) in [6.07, 6.45) is 0.929. The Balaban J connectivity index is 1.80. The molecule has 1 atom stereocenters. The third-order valence-corrected chi connectivity index (χ3v) is 5.88. The van der Waals surface area contributed by atoms with Gasteiger partial charge < -0.3 is 9.88 Å². The van der Waals surface area contributed by atoms with E-state index in [2.05, 4.69) is 73.4 Å². The average molecular weight is 380 g/mol. The number of hydrogen-bond donors (Lipinski definition) is 1. The first-order valence-electron chi connectivity index (χ1n) is 10.3. The van der Waals surface area contributed by atoms with Gasteiger partial charge in [-0.05, 0) is 36.6 Å². The average Bonchev–Trinajstić information content (AvgIpc) is 3.25. The topological polar surface area (TPSA) is 36.1 Å². The smallest absolute Gasteiger partial charge is 0.255 e. The fraction of sp³-hybridized carbons (Fsp3) is 0.192. The molecule has 29 heavy (non-hydrogen) atoms. The number of carbonyl (C=O) groups excluding carboxylic acids is 1. The second-order valence-electron chi connectivity index (χ2n) is 7.81. The van der Waals surface area contributed by atoms with Crippen LogP contribution in [0.3, 0.4) is 0 Å². The molecule has 1 aromatic heterocycles. The minimum atomic E-state index is -0.0777. The van der Waals surface area contributed by atoms with Crippen LogP contribution in [0.1, 0.15) is 46.4 Å². The van der Waals surface area contributed by atoms with Gasteiger partial charge in [0, 0.05) is 28.6 Å². The van der Waals surface area contributed by atoms with Gasteiger partial charge in [0.1, 0.15) is 0 Å². The summed E-state index contributed by atoms with van der Waals surface area (Å²) >= 11 is 0. The van der Waals surface area contributed by atoms with Crippen molar-refractivity contribution >= 4 is 16.8 Å². The van der Waals surface area contributed by atoms with E-state index in [0.29, 0.717) is 0 Å². The van der Waals surface area contributed by atoms with Gasteiger partial charge in [-0.2, -0.15) is 0 Å². The molecule has 1 aliphatic heterocycles. The van der Waals surface area contributed by atoms with Gasteiger partial charge in [0.05, 0.1) is 11.7 Å². The Labute approximate surface area is 171 Å². The molecule has 144 valence electrons. The third-order valence-electron chi connectivity index (χ3n) is 5.88. The number of benzene rings is 3. The van der Waals surface area contributed by atoms with Gasteiger partial charge in [-0.25, -0.2) is 0 Å². The van der Waals surface area contributed by atoms with Crippen LogP contribution in [0.4, 0.5) is 0 Å². The summed E-state index contributed by atoms with van der Waals surface area (Å²) in [5, 5.41) is 1.18. The molecule has 0 bridgehead atoms. The number of nitrogens with zero attached hydrogens (tertiary/aromatic N) is 1. The number of aromatic amines is 1. The molecule has 3 aromatic carbocycles. The lowest BCUT2D eigenvalue weighted by Gasteiger charge is -2.26. The molecule has 4 aromatic rings. The molecule has 5 rings (SSSR count). The molecule has 0 radical (unpaired) electrons. The number of carbonyl (C=O) groups is 1. The molecule has 0 saturated carbocycles. The van der Waals surface area contributed by atoms with E-state index >= 15 is 0 Å². The van der Waals surface area contributed by atoms with Crippen molar-refractivity contribution in [1.82, 2.24) is 9.88 Å². The largest absolute Gasteiger partial charge is 0.354 e.